The van der Waals surface area contributed by atoms with Gasteiger partial charge in [0, 0.05) is 6.04 Å². The molecule has 0 heterocycles. The highest BCUT2D eigenvalue weighted by Crippen LogP contribution is 2.23. The van der Waals surface area contributed by atoms with Crippen molar-refractivity contribution in [2.24, 2.45) is 0 Å². The molecule has 0 amide bonds. The minimum atomic E-state index is -0.309. The van der Waals surface area contributed by atoms with Gasteiger partial charge in [0.2, 0.25) is 0 Å². The Morgan fingerprint density at radius 2 is 2.20 bits per heavy atom. The van der Waals surface area contributed by atoms with Crippen molar-refractivity contribution >= 4 is 0 Å². The molecule has 110 valence electrons. The Morgan fingerprint density at radius 3 is 2.90 bits per heavy atom. The summed E-state index contributed by atoms with van der Waals surface area (Å²) in [6.45, 7) is 3.06. The highest BCUT2D eigenvalue weighted by atomic mass is 19.1. The standard InChI is InChI=1S/C17H24FNO/c1-13(15-8-9-16(18)17(12-15)20-2)19-11-10-14-6-4-3-5-7-14/h6,8-9,12-13,19H,3-5,7,10-11H2,1-2H3. The third-order valence-electron chi connectivity index (χ3n) is 3.96. The molecule has 1 N–H and O–H groups in total. The first-order chi connectivity index (χ1) is 9.70. The number of allylic oxidation sites excluding steroid dienone is 1. The lowest BCUT2D eigenvalue weighted by atomic mass is 9.97. The summed E-state index contributed by atoms with van der Waals surface area (Å²) in [5.41, 5.74) is 2.63. The molecular weight excluding hydrogens is 253 g/mol. The zero-order valence-corrected chi connectivity index (χ0v) is 12.4. The van der Waals surface area contributed by atoms with E-state index in [1.807, 2.05) is 6.07 Å². The van der Waals surface area contributed by atoms with Gasteiger partial charge in [-0.25, -0.2) is 4.39 Å². The minimum Gasteiger partial charge on any atom is -0.494 e. The summed E-state index contributed by atoms with van der Waals surface area (Å²) < 4.78 is 18.4. The lowest BCUT2D eigenvalue weighted by Gasteiger charge is -2.17. The smallest absolute Gasteiger partial charge is 0.165 e. The number of rotatable bonds is 6. The SMILES string of the molecule is COc1cc(C(C)NCCC2=CCCCC2)ccc1F. The van der Waals surface area contributed by atoms with Crippen LogP contribution in [0.1, 0.15) is 50.6 Å². The number of hydrogen-bond donors (Lipinski definition) is 1. The zero-order valence-electron chi connectivity index (χ0n) is 12.4. The molecule has 0 spiro atoms. The van der Waals surface area contributed by atoms with Gasteiger partial charge in [0.15, 0.2) is 11.6 Å². The van der Waals surface area contributed by atoms with E-state index in [-0.39, 0.29) is 11.9 Å². The van der Waals surface area contributed by atoms with E-state index in [0.717, 1.165) is 18.5 Å². The summed E-state index contributed by atoms with van der Waals surface area (Å²) in [7, 11) is 1.50. The Kier molecular flexibility index (Phi) is 5.60. The molecule has 3 heteroatoms. The number of nitrogens with one attached hydrogen (secondary N) is 1. The van der Waals surface area contributed by atoms with E-state index in [1.54, 1.807) is 11.6 Å². The molecule has 1 aliphatic rings. The van der Waals surface area contributed by atoms with Gasteiger partial charge in [0.1, 0.15) is 0 Å². The predicted octanol–water partition coefficient (Wildman–Crippen LogP) is 4.38. The van der Waals surface area contributed by atoms with Crippen LogP contribution in [0, 0.1) is 5.82 Å². The third kappa shape index (κ3) is 4.07. The topological polar surface area (TPSA) is 21.3 Å². The molecule has 2 rings (SSSR count). The van der Waals surface area contributed by atoms with Gasteiger partial charge in [0.05, 0.1) is 7.11 Å². The van der Waals surface area contributed by atoms with Crippen molar-refractivity contribution in [1.82, 2.24) is 5.32 Å². The second kappa shape index (κ2) is 7.44. The van der Waals surface area contributed by atoms with Gasteiger partial charge in [-0.1, -0.05) is 17.7 Å². The molecule has 0 saturated carbocycles. The number of hydrogen-bond acceptors (Lipinski definition) is 2. The Balaban J connectivity index is 1.85. The first kappa shape index (κ1) is 15.0. The maximum atomic E-state index is 13.4. The van der Waals surface area contributed by atoms with Crippen molar-refractivity contribution in [2.75, 3.05) is 13.7 Å². The molecule has 0 aliphatic heterocycles. The average Bonchev–Trinajstić information content (AvgIpc) is 2.48. The first-order valence-corrected chi connectivity index (χ1v) is 7.45. The minimum absolute atomic E-state index is 0.202. The summed E-state index contributed by atoms with van der Waals surface area (Å²) in [6.07, 6.45) is 8.65. The van der Waals surface area contributed by atoms with Crippen LogP contribution in [-0.2, 0) is 0 Å². The molecule has 1 aromatic rings. The fourth-order valence-electron chi connectivity index (χ4n) is 2.64. The van der Waals surface area contributed by atoms with E-state index in [0.29, 0.717) is 5.75 Å². The van der Waals surface area contributed by atoms with E-state index in [9.17, 15) is 4.39 Å². The monoisotopic (exact) mass is 277 g/mol. The molecule has 0 aromatic heterocycles. The van der Waals surface area contributed by atoms with Crippen LogP contribution in [0.3, 0.4) is 0 Å². The molecule has 1 atom stereocenters. The quantitative estimate of drug-likeness (QED) is 0.779. The van der Waals surface area contributed by atoms with Gasteiger partial charge in [-0.15, -0.1) is 0 Å². The van der Waals surface area contributed by atoms with E-state index in [4.69, 9.17) is 4.74 Å². The first-order valence-electron chi connectivity index (χ1n) is 7.45. The van der Waals surface area contributed by atoms with Crippen LogP contribution < -0.4 is 10.1 Å². The normalized spacial score (nSPS) is 16.6. The van der Waals surface area contributed by atoms with E-state index >= 15 is 0 Å². The molecule has 1 aromatic carbocycles. The molecule has 0 radical (unpaired) electrons. The lowest BCUT2D eigenvalue weighted by molar-refractivity contribution is 0.385. The fourth-order valence-corrected chi connectivity index (χ4v) is 2.64. The maximum Gasteiger partial charge on any atom is 0.165 e. The van der Waals surface area contributed by atoms with Gasteiger partial charge in [-0.3, -0.25) is 0 Å². The predicted molar refractivity (Wildman–Crippen MR) is 80.5 cm³/mol. The Morgan fingerprint density at radius 1 is 1.35 bits per heavy atom. The molecule has 0 fully saturated rings. The molecule has 0 saturated heterocycles. The van der Waals surface area contributed by atoms with Crippen molar-refractivity contribution in [3.05, 3.63) is 41.2 Å². The van der Waals surface area contributed by atoms with Crippen molar-refractivity contribution in [2.45, 2.75) is 45.1 Å². The van der Waals surface area contributed by atoms with Crippen LogP contribution >= 0.6 is 0 Å². The number of halogens is 1. The Labute approximate surface area is 121 Å². The zero-order chi connectivity index (χ0) is 14.4. The lowest BCUT2D eigenvalue weighted by Crippen LogP contribution is -2.20. The third-order valence-corrected chi connectivity index (χ3v) is 3.96. The van der Waals surface area contributed by atoms with Gasteiger partial charge in [-0.2, -0.15) is 0 Å². The second-order valence-electron chi connectivity index (χ2n) is 5.43. The van der Waals surface area contributed by atoms with Crippen LogP contribution in [-0.4, -0.2) is 13.7 Å². The van der Waals surface area contributed by atoms with Crippen LogP contribution in [0.4, 0.5) is 4.39 Å². The van der Waals surface area contributed by atoms with Crippen LogP contribution in [0.25, 0.3) is 0 Å². The summed E-state index contributed by atoms with van der Waals surface area (Å²) in [6, 6.07) is 5.26. The van der Waals surface area contributed by atoms with Crippen LogP contribution in [0.2, 0.25) is 0 Å². The molecular formula is C17H24FNO. The van der Waals surface area contributed by atoms with E-state index < -0.39 is 0 Å². The van der Waals surface area contributed by atoms with Crippen LogP contribution in [0.5, 0.6) is 5.75 Å². The average molecular weight is 277 g/mol. The second-order valence-corrected chi connectivity index (χ2v) is 5.43. The van der Waals surface area contributed by atoms with Crippen molar-refractivity contribution in [1.29, 1.82) is 0 Å². The van der Waals surface area contributed by atoms with Crippen molar-refractivity contribution in [3.63, 3.8) is 0 Å². The highest BCUT2D eigenvalue weighted by molar-refractivity contribution is 5.31. The molecule has 0 bridgehead atoms. The van der Waals surface area contributed by atoms with E-state index in [2.05, 4.69) is 18.3 Å². The number of ether oxygens (including phenoxy) is 1. The maximum absolute atomic E-state index is 13.4. The van der Waals surface area contributed by atoms with Crippen molar-refractivity contribution in [3.8, 4) is 5.75 Å². The highest BCUT2D eigenvalue weighted by Gasteiger charge is 2.10. The summed E-state index contributed by atoms with van der Waals surface area (Å²) in [4.78, 5) is 0. The van der Waals surface area contributed by atoms with Crippen LogP contribution in [0.15, 0.2) is 29.8 Å². The summed E-state index contributed by atoms with van der Waals surface area (Å²) in [5, 5.41) is 3.50. The largest absolute Gasteiger partial charge is 0.494 e. The number of methoxy groups -OCH3 is 1. The summed E-state index contributed by atoms with van der Waals surface area (Å²) in [5.74, 6) is 0.00181. The van der Waals surface area contributed by atoms with E-state index in [1.165, 1.54) is 38.9 Å². The molecule has 1 unspecified atom stereocenters. The van der Waals surface area contributed by atoms with Crippen molar-refractivity contribution < 1.29 is 9.13 Å². The number of benzene rings is 1. The summed E-state index contributed by atoms with van der Waals surface area (Å²) >= 11 is 0. The Bertz CT molecular complexity index is 470. The molecule has 1 aliphatic carbocycles. The van der Waals surface area contributed by atoms with Gasteiger partial charge in [-0.05, 0) is 63.3 Å². The Hall–Kier alpha value is -1.35. The molecule has 20 heavy (non-hydrogen) atoms. The van der Waals surface area contributed by atoms with Gasteiger partial charge in [0.25, 0.3) is 0 Å². The van der Waals surface area contributed by atoms with Gasteiger partial charge < -0.3 is 10.1 Å². The fraction of sp³-hybridized carbons (Fsp3) is 0.529. The molecule has 2 nitrogen and oxygen atoms in total. The van der Waals surface area contributed by atoms with Gasteiger partial charge >= 0.3 is 0 Å².